The van der Waals surface area contributed by atoms with E-state index in [0.717, 1.165) is 0 Å². The van der Waals surface area contributed by atoms with Crippen molar-refractivity contribution in [1.29, 1.82) is 0 Å². The first kappa shape index (κ1) is 18.8. The van der Waals surface area contributed by atoms with Crippen LogP contribution in [0.3, 0.4) is 0 Å². The predicted molar refractivity (Wildman–Crippen MR) is 107 cm³/mol. The van der Waals surface area contributed by atoms with Gasteiger partial charge >= 0.3 is 0 Å². The third-order valence-electron chi connectivity index (χ3n) is 4.11. The minimum Gasteiger partial charge on any atom is -0.486 e. The normalized spacial score (nSPS) is 12.8. The summed E-state index contributed by atoms with van der Waals surface area (Å²) in [6.45, 7) is 0.771. The molecule has 0 bridgehead atoms. The van der Waals surface area contributed by atoms with Gasteiger partial charge in [-0.25, -0.2) is 8.42 Å². The van der Waals surface area contributed by atoms with E-state index in [4.69, 9.17) is 9.47 Å². The molecule has 2 heterocycles. The molecule has 3 aromatic rings. The Morgan fingerprint density at radius 1 is 0.897 bits per heavy atom. The molecule has 4 rings (SSSR count). The molecule has 29 heavy (non-hydrogen) atoms. The number of nitrogens with one attached hydrogen (secondary N) is 2. The number of pyridine rings is 1. The lowest BCUT2D eigenvalue weighted by Gasteiger charge is -2.19. The molecule has 0 atom stereocenters. The smallest absolute Gasteiger partial charge is 0.262 e. The quantitative estimate of drug-likeness (QED) is 0.669. The van der Waals surface area contributed by atoms with Gasteiger partial charge in [-0.15, -0.1) is 0 Å². The number of hydrogen-bond acceptors (Lipinski definition) is 6. The van der Waals surface area contributed by atoms with Crippen LogP contribution in [0.5, 0.6) is 11.5 Å². The molecule has 0 unspecified atom stereocenters. The first-order valence-electron chi connectivity index (χ1n) is 8.75. The molecule has 2 N–H and O–H groups in total. The zero-order valence-corrected chi connectivity index (χ0v) is 16.0. The van der Waals surface area contributed by atoms with Crippen molar-refractivity contribution in [1.82, 2.24) is 4.98 Å². The fraction of sp³-hybridized carbons (Fsp3) is 0.100. The van der Waals surface area contributed by atoms with Crippen molar-refractivity contribution in [2.75, 3.05) is 23.3 Å². The fourth-order valence-corrected chi connectivity index (χ4v) is 3.80. The summed E-state index contributed by atoms with van der Waals surface area (Å²) in [4.78, 5) is 16.4. The molecule has 1 aliphatic heterocycles. The summed E-state index contributed by atoms with van der Waals surface area (Å²) in [6, 6.07) is 14.7. The maximum atomic E-state index is 12.7. The van der Waals surface area contributed by atoms with Crippen LogP contribution in [0.4, 0.5) is 11.4 Å². The first-order valence-corrected chi connectivity index (χ1v) is 10.2. The van der Waals surface area contributed by atoms with Crippen LogP contribution < -0.4 is 19.5 Å². The zero-order chi connectivity index (χ0) is 20.3. The summed E-state index contributed by atoms with van der Waals surface area (Å²) in [5, 5.41) is 2.73. The molecule has 1 amide bonds. The van der Waals surface area contributed by atoms with Crippen LogP contribution in [0.2, 0.25) is 0 Å². The van der Waals surface area contributed by atoms with Gasteiger partial charge in [0.05, 0.1) is 22.3 Å². The Bertz CT molecular complexity index is 1150. The molecular formula is C20H17N3O5S. The second kappa shape index (κ2) is 7.80. The molecule has 0 aliphatic carbocycles. The van der Waals surface area contributed by atoms with Crippen LogP contribution in [-0.2, 0) is 10.0 Å². The maximum absolute atomic E-state index is 12.7. The van der Waals surface area contributed by atoms with Gasteiger partial charge in [0, 0.05) is 18.0 Å². The van der Waals surface area contributed by atoms with Gasteiger partial charge in [-0.05, 0) is 30.3 Å². The molecule has 0 radical (unpaired) electrons. The Morgan fingerprint density at radius 2 is 1.66 bits per heavy atom. The van der Waals surface area contributed by atoms with E-state index in [0.29, 0.717) is 30.4 Å². The second-order valence-electron chi connectivity index (χ2n) is 6.19. The van der Waals surface area contributed by atoms with Gasteiger partial charge in [0.25, 0.3) is 15.9 Å². The number of aromatic nitrogens is 1. The van der Waals surface area contributed by atoms with E-state index in [2.05, 4.69) is 15.0 Å². The van der Waals surface area contributed by atoms with Crippen LogP contribution in [-0.4, -0.2) is 32.5 Å². The molecule has 0 saturated carbocycles. The highest BCUT2D eigenvalue weighted by molar-refractivity contribution is 7.92. The minimum atomic E-state index is -3.91. The van der Waals surface area contributed by atoms with Crippen molar-refractivity contribution in [3.63, 3.8) is 0 Å². The summed E-state index contributed by atoms with van der Waals surface area (Å²) in [7, 11) is -3.91. The number of amides is 1. The first-order chi connectivity index (χ1) is 14.0. The number of carbonyl (C=O) groups excluding carboxylic acids is 1. The number of ether oxygens (including phenoxy) is 2. The van der Waals surface area contributed by atoms with Crippen molar-refractivity contribution in [2.45, 2.75) is 4.90 Å². The monoisotopic (exact) mass is 411 g/mol. The van der Waals surface area contributed by atoms with Crippen molar-refractivity contribution in [3.8, 4) is 11.5 Å². The highest BCUT2D eigenvalue weighted by Gasteiger charge is 2.20. The summed E-state index contributed by atoms with van der Waals surface area (Å²) >= 11 is 0. The topological polar surface area (TPSA) is 107 Å². The summed E-state index contributed by atoms with van der Waals surface area (Å²) < 4.78 is 38.7. The van der Waals surface area contributed by atoms with Gasteiger partial charge in [0.15, 0.2) is 11.5 Å². The minimum absolute atomic E-state index is 0.0147. The third kappa shape index (κ3) is 4.30. The summed E-state index contributed by atoms with van der Waals surface area (Å²) in [5.41, 5.74) is 1.01. The average Bonchev–Trinajstić information content (AvgIpc) is 2.74. The standard InChI is InChI=1S/C20H17N3O5S/c24-20(22-15-4-2-1-3-5-15)14-10-16(13-21-12-14)23-29(25,26)17-6-7-18-19(11-17)28-9-8-27-18/h1-7,10-13,23H,8-9H2,(H,22,24). The lowest BCUT2D eigenvalue weighted by atomic mass is 10.2. The van der Waals surface area contributed by atoms with Gasteiger partial charge in [-0.3, -0.25) is 14.5 Å². The van der Waals surface area contributed by atoms with Crippen LogP contribution in [0, 0.1) is 0 Å². The molecule has 0 fully saturated rings. The van der Waals surface area contributed by atoms with Crippen LogP contribution >= 0.6 is 0 Å². The molecule has 148 valence electrons. The SMILES string of the molecule is O=C(Nc1ccccc1)c1cncc(NS(=O)(=O)c2ccc3c(c2)OCCO3)c1. The van der Waals surface area contributed by atoms with E-state index >= 15 is 0 Å². The molecule has 8 nitrogen and oxygen atoms in total. The number of fused-ring (bicyclic) bond motifs is 1. The average molecular weight is 411 g/mol. The zero-order valence-electron chi connectivity index (χ0n) is 15.2. The number of anilines is 2. The van der Waals surface area contributed by atoms with E-state index in [-0.39, 0.29) is 16.1 Å². The van der Waals surface area contributed by atoms with Crippen LogP contribution in [0.15, 0.2) is 71.9 Å². The number of benzene rings is 2. The molecule has 1 aliphatic rings. The number of para-hydroxylation sites is 1. The Hall–Kier alpha value is -3.59. The highest BCUT2D eigenvalue weighted by atomic mass is 32.2. The Balaban J connectivity index is 1.53. The van der Waals surface area contributed by atoms with Crippen LogP contribution in [0.25, 0.3) is 0 Å². The van der Waals surface area contributed by atoms with Crippen molar-refractivity contribution in [3.05, 3.63) is 72.6 Å². The number of rotatable bonds is 5. The largest absolute Gasteiger partial charge is 0.486 e. The number of carbonyl (C=O) groups is 1. The van der Waals surface area contributed by atoms with Gasteiger partial charge in [0.2, 0.25) is 0 Å². The van der Waals surface area contributed by atoms with Crippen molar-refractivity contribution < 1.29 is 22.7 Å². The van der Waals surface area contributed by atoms with Gasteiger partial charge in [-0.2, -0.15) is 0 Å². The van der Waals surface area contributed by atoms with Gasteiger partial charge < -0.3 is 14.8 Å². The van der Waals surface area contributed by atoms with E-state index < -0.39 is 15.9 Å². The highest BCUT2D eigenvalue weighted by Crippen LogP contribution is 2.32. The Morgan fingerprint density at radius 3 is 2.45 bits per heavy atom. The summed E-state index contributed by atoms with van der Waals surface area (Å²) in [6.07, 6.45) is 2.69. The van der Waals surface area contributed by atoms with Crippen molar-refractivity contribution >= 4 is 27.3 Å². The molecule has 0 saturated heterocycles. The number of nitrogens with zero attached hydrogens (tertiary/aromatic N) is 1. The maximum Gasteiger partial charge on any atom is 0.262 e. The number of hydrogen-bond donors (Lipinski definition) is 2. The third-order valence-corrected chi connectivity index (χ3v) is 5.49. The lowest BCUT2D eigenvalue weighted by Crippen LogP contribution is -2.18. The molecule has 1 aromatic heterocycles. The number of sulfonamides is 1. The molecule has 9 heteroatoms. The Kier molecular flexibility index (Phi) is 5.05. The van der Waals surface area contributed by atoms with Gasteiger partial charge in [0.1, 0.15) is 13.2 Å². The van der Waals surface area contributed by atoms with Crippen molar-refractivity contribution in [2.24, 2.45) is 0 Å². The molecule has 0 spiro atoms. The Labute approximate surface area is 167 Å². The van der Waals surface area contributed by atoms with E-state index in [9.17, 15) is 13.2 Å². The van der Waals surface area contributed by atoms with E-state index in [1.54, 1.807) is 30.3 Å². The lowest BCUT2D eigenvalue weighted by molar-refractivity contribution is 0.102. The predicted octanol–water partition coefficient (Wildman–Crippen LogP) is 2.91. The van der Waals surface area contributed by atoms with E-state index in [1.807, 2.05) is 6.07 Å². The fourth-order valence-electron chi connectivity index (χ4n) is 2.75. The second-order valence-corrected chi connectivity index (χ2v) is 7.88. The van der Waals surface area contributed by atoms with Crippen LogP contribution in [0.1, 0.15) is 10.4 Å². The summed E-state index contributed by atoms with van der Waals surface area (Å²) in [5.74, 6) is 0.466. The van der Waals surface area contributed by atoms with E-state index in [1.165, 1.54) is 30.6 Å². The van der Waals surface area contributed by atoms with Gasteiger partial charge in [-0.1, -0.05) is 18.2 Å². The molecule has 2 aromatic carbocycles. The molecular weight excluding hydrogens is 394 g/mol.